The predicted molar refractivity (Wildman–Crippen MR) is 86.6 cm³/mol. The van der Waals surface area contributed by atoms with Crippen molar-refractivity contribution in [1.29, 1.82) is 0 Å². The van der Waals surface area contributed by atoms with E-state index in [0.29, 0.717) is 12.1 Å². The van der Waals surface area contributed by atoms with Crippen LogP contribution in [0.25, 0.3) is 0 Å². The SMILES string of the molecule is CC(=O)c1ccc(C#CCNC(=O)C2CCCN(C)C2)cc1. The Kier molecular flexibility index (Phi) is 5.74. The first kappa shape index (κ1) is 16.3. The highest BCUT2D eigenvalue weighted by Gasteiger charge is 2.23. The van der Waals surface area contributed by atoms with Gasteiger partial charge in [-0.1, -0.05) is 24.0 Å². The summed E-state index contributed by atoms with van der Waals surface area (Å²) in [4.78, 5) is 25.4. The Morgan fingerprint density at radius 2 is 2.05 bits per heavy atom. The van der Waals surface area contributed by atoms with Crippen LogP contribution in [-0.2, 0) is 4.79 Å². The molecule has 1 aliphatic rings. The van der Waals surface area contributed by atoms with Crippen molar-refractivity contribution in [3.8, 4) is 11.8 Å². The number of hydrogen-bond acceptors (Lipinski definition) is 3. The van der Waals surface area contributed by atoms with Gasteiger partial charge >= 0.3 is 0 Å². The number of benzene rings is 1. The van der Waals surface area contributed by atoms with Crippen LogP contribution in [0.1, 0.15) is 35.7 Å². The lowest BCUT2D eigenvalue weighted by atomic mass is 9.98. The summed E-state index contributed by atoms with van der Waals surface area (Å²) in [7, 11) is 2.05. The highest BCUT2D eigenvalue weighted by atomic mass is 16.2. The molecule has 4 heteroatoms. The number of nitrogens with zero attached hydrogens (tertiary/aromatic N) is 1. The molecular weight excluding hydrogens is 276 g/mol. The molecule has 1 amide bonds. The number of hydrogen-bond donors (Lipinski definition) is 1. The fraction of sp³-hybridized carbons (Fsp3) is 0.444. The van der Waals surface area contributed by atoms with Crippen LogP contribution >= 0.6 is 0 Å². The highest BCUT2D eigenvalue weighted by Crippen LogP contribution is 2.14. The average molecular weight is 298 g/mol. The molecule has 0 aliphatic carbocycles. The van der Waals surface area contributed by atoms with Gasteiger partial charge in [-0.25, -0.2) is 0 Å². The number of piperidine rings is 1. The maximum Gasteiger partial charge on any atom is 0.225 e. The zero-order valence-corrected chi connectivity index (χ0v) is 13.2. The number of carbonyl (C=O) groups excluding carboxylic acids is 2. The van der Waals surface area contributed by atoms with E-state index in [1.54, 1.807) is 19.1 Å². The first-order valence-electron chi connectivity index (χ1n) is 7.62. The van der Waals surface area contributed by atoms with E-state index < -0.39 is 0 Å². The molecule has 0 aromatic heterocycles. The summed E-state index contributed by atoms with van der Waals surface area (Å²) in [6.07, 6.45) is 2.03. The quantitative estimate of drug-likeness (QED) is 0.682. The third kappa shape index (κ3) is 4.71. The fourth-order valence-corrected chi connectivity index (χ4v) is 2.59. The summed E-state index contributed by atoms with van der Waals surface area (Å²) in [5, 5.41) is 2.88. The lowest BCUT2D eigenvalue weighted by Gasteiger charge is -2.28. The lowest BCUT2D eigenvalue weighted by molar-refractivity contribution is -0.126. The topological polar surface area (TPSA) is 49.4 Å². The number of amides is 1. The summed E-state index contributed by atoms with van der Waals surface area (Å²) in [6, 6.07) is 7.18. The smallest absolute Gasteiger partial charge is 0.225 e. The molecule has 0 saturated carbocycles. The summed E-state index contributed by atoms with van der Waals surface area (Å²) in [5.74, 6) is 6.16. The van der Waals surface area contributed by atoms with Crippen LogP contribution in [0.5, 0.6) is 0 Å². The third-order valence-corrected chi connectivity index (χ3v) is 3.87. The van der Waals surface area contributed by atoms with E-state index in [1.807, 2.05) is 19.2 Å². The number of nitrogens with one attached hydrogen (secondary N) is 1. The van der Waals surface area contributed by atoms with E-state index in [2.05, 4.69) is 22.1 Å². The molecule has 116 valence electrons. The number of likely N-dealkylation sites (tertiary alicyclic amines) is 1. The zero-order chi connectivity index (χ0) is 15.9. The molecule has 22 heavy (non-hydrogen) atoms. The molecule has 1 saturated heterocycles. The lowest BCUT2D eigenvalue weighted by Crippen LogP contribution is -2.41. The number of carbonyl (C=O) groups is 2. The summed E-state index contributed by atoms with van der Waals surface area (Å²) >= 11 is 0. The number of Topliss-reactive ketones (excluding diaryl/α,β-unsaturated/α-hetero) is 1. The van der Waals surface area contributed by atoms with Gasteiger partial charge in [0.05, 0.1) is 12.5 Å². The average Bonchev–Trinajstić information content (AvgIpc) is 2.51. The van der Waals surface area contributed by atoms with E-state index in [-0.39, 0.29) is 17.6 Å². The van der Waals surface area contributed by atoms with E-state index in [9.17, 15) is 9.59 Å². The summed E-state index contributed by atoms with van der Waals surface area (Å²) in [5.41, 5.74) is 1.52. The maximum atomic E-state index is 12.0. The van der Waals surface area contributed by atoms with Crippen LogP contribution in [0.4, 0.5) is 0 Å². The minimum atomic E-state index is 0.0456. The van der Waals surface area contributed by atoms with Crippen LogP contribution in [-0.4, -0.2) is 43.3 Å². The molecule has 1 fully saturated rings. The minimum absolute atomic E-state index is 0.0456. The Balaban J connectivity index is 1.81. The third-order valence-electron chi connectivity index (χ3n) is 3.87. The first-order chi connectivity index (χ1) is 10.6. The Morgan fingerprint density at radius 3 is 2.68 bits per heavy atom. The van der Waals surface area contributed by atoms with Crippen molar-refractivity contribution < 1.29 is 9.59 Å². The van der Waals surface area contributed by atoms with Gasteiger partial charge in [-0.3, -0.25) is 9.59 Å². The van der Waals surface area contributed by atoms with Crippen molar-refractivity contribution in [1.82, 2.24) is 10.2 Å². The van der Waals surface area contributed by atoms with E-state index in [4.69, 9.17) is 0 Å². The monoisotopic (exact) mass is 298 g/mol. The van der Waals surface area contributed by atoms with Gasteiger partial charge in [0.1, 0.15) is 0 Å². The zero-order valence-electron chi connectivity index (χ0n) is 13.2. The van der Waals surface area contributed by atoms with Crippen LogP contribution in [0.3, 0.4) is 0 Å². The van der Waals surface area contributed by atoms with Gasteiger partial charge < -0.3 is 10.2 Å². The molecule has 1 heterocycles. The van der Waals surface area contributed by atoms with Gasteiger partial charge in [0.2, 0.25) is 5.91 Å². The van der Waals surface area contributed by atoms with E-state index in [1.165, 1.54) is 0 Å². The summed E-state index contributed by atoms with van der Waals surface area (Å²) < 4.78 is 0. The van der Waals surface area contributed by atoms with Gasteiger partial charge in [-0.15, -0.1) is 0 Å². The van der Waals surface area contributed by atoms with Gasteiger partial charge in [0.25, 0.3) is 0 Å². The van der Waals surface area contributed by atoms with Crippen molar-refractivity contribution in [2.24, 2.45) is 5.92 Å². The molecule has 2 rings (SSSR count). The van der Waals surface area contributed by atoms with Crippen molar-refractivity contribution >= 4 is 11.7 Å². The van der Waals surface area contributed by atoms with Crippen LogP contribution in [0.15, 0.2) is 24.3 Å². The van der Waals surface area contributed by atoms with Crippen LogP contribution in [0, 0.1) is 17.8 Å². The van der Waals surface area contributed by atoms with Gasteiger partial charge in [0, 0.05) is 17.7 Å². The largest absolute Gasteiger partial charge is 0.345 e. The van der Waals surface area contributed by atoms with Crippen molar-refractivity contribution in [2.45, 2.75) is 19.8 Å². The molecule has 1 N–H and O–H groups in total. The number of rotatable bonds is 3. The summed E-state index contributed by atoms with van der Waals surface area (Å²) in [6.45, 7) is 3.79. The molecule has 4 nitrogen and oxygen atoms in total. The predicted octanol–water partition coefficient (Wildman–Crippen LogP) is 1.70. The molecule has 1 aromatic rings. The van der Waals surface area contributed by atoms with Crippen LogP contribution in [0.2, 0.25) is 0 Å². The standard InChI is InChI=1S/C18H22N2O2/c1-14(21)16-9-7-15(8-10-16)5-3-11-19-18(22)17-6-4-12-20(2)13-17/h7-10,17H,4,6,11-13H2,1-2H3,(H,19,22). The Labute approximate surface area is 131 Å². The Hall–Kier alpha value is -2.12. The number of ketones is 1. The first-order valence-corrected chi connectivity index (χ1v) is 7.62. The van der Waals surface area contributed by atoms with Crippen molar-refractivity contribution in [2.75, 3.05) is 26.7 Å². The Bertz CT molecular complexity index is 596. The van der Waals surface area contributed by atoms with Crippen molar-refractivity contribution in [3.05, 3.63) is 35.4 Å². The van der Waals surface area contributed by atoms with E-state index >= 15 is 0 Å². The van der Waals surface area contributed by atoms with E-state index in [0.717, 1.165) is 31.5 Å². The highest BCUT2D eigenvalue weighted by molar-refractivity contribution is 5.94. The molecule has 0 radical (unpaired) electrons. The molecule has 0 bridgehead atoms. The second kappa shape index (κ2) is 7.77. The molecule has 1 unspecified atom stereocenters. The molecule has 1 atom stereocenters. The fourth-order valence-electron chi connectivity index (χ4n) is 2.59. The van der Waals surface area contributed by atoms with Crippen molar-refractivity contribution in [3.63, 3.8) is 0 Å². The minimum Gasteiger partial charge on any atom is -0.345 e. The normalized spacial score (nSPS) is 18.2. The molecular formula is C18H22N2O2. The maximum absolute atomic E-state index is 12.0. The van der Waals surface area contributed by atoms with Gasteiger partial charge in [-0.05, 0) is 45.5 Å². The Morgan fingerprint density at radius 1 is 1.32 bits per heavy atom. The second-order valence-electron chi connectivity index (χ2n) is 5.75. The molecule has 1 aromatic carbocycles. The van der Waals surface area contributed by atoms with Gasteiger partial charge in [0.15, 0.2) is 5.78 Å². The van der Waals surface area contributed by atoms with Crippen LogP contribution < -0.4 is 5.32 Å². The van der Waals surface area contributed by atoms with Gasteiger partial charge in [-0.2, -0.15) is 0 Å². The second-order valence-corrected chi connectivity index (χ2v) is 5.75. The molecule has 1 aliphatic heterocycles. The molecule has 0 spiro atoms.